The molecule has 30 heavy (non-hydrogen) atoms. The van der Waals surface area contributed by atoms with Gasteiger partial charge in [0.25, 0.3) is 6.23 Å². The average Bonchev–Trinajstić information content (AvgIpc) is 2.67. The van der Waals surface area contributed by atoms with Crippen LogP contribution < -0.4 is 0 Å². The first kappa shape index (κ1) is 24.8. The summed E-state index contributed by atoms with van der Waals surface area (Å²) in [6.07, 6.45) is 9.20. The van der Waals surface area contributed by atoms with E-state index in [9.17, 15) is 9.90 Å². The van der Waals surface area contributed by atoms with E-state index in [2.05, 4.69) is 13.2 Å². The number of aliphatic hydroxyl groups excluding tert-OH is 1. The number of hydrogen-bond donors (Lipinski definition) is 1. The van der Waals surface area contributed by atoms with Crippen LogP contribution in [0.2, 0.25) is 0 Å². The van der Waals surface area contributed by atoms with E-state index < -0.39 is 18.3 Å². The van der Waals surface area contributed by atoms with E-state index in [0.29, 0.717) is 12.0 Å². The summed E-state index contributed by atoms with van der Waals surface area (Å²) in [5.41, 5.74) is 2.98. The van der Waals surface area contributed by atoms with Gasteiger partial charge in [0.2, 0.25) is 0 Å². The van der Waals surface area contributed by atoms with Crippen molar-refractivity contribution >= 4 is 12.0 Å². The lowest BCUT2D eigenvalue weighted by Crippen LogP contribution is -2.53. The lowest BCUT2D eigenvalue weighted by Gasteiger charge is -2.34. The second-order valence-corrected chi connectivity index (χ2v) is 7.88. The Labute approximate surface area is 179 Å². The molecule has 0 aliphatic rings. The molecule has 5 nitrogen and oxygen atoms in total. The predicted molar refractivity (Wildman–Crippen MR) is 121 cm³/mol. The third kappa shape index (κ3) is 8.44. The number of rotatable bonds is 10. The van der Waals surface area contributed by atoms with Crippen LogP contribution in [0.5, 0.6) is 0 Å². The number of aliphatic hydroxyl groups is 1. The molecule has 0 heterocycles. The number of nitriles is 1. The first-order valence-corrected chi connectivity index (χ1v) is 9.62. The van der Waals surface area contributed by atoms with E-state index >= 15 is 0 Å². The summed E-state index contributed by atoms with van der Waals surface area (Å²) >= 11 is 0. The Morgan fingerprint density at radius 2 is 2.03 bits per heavy atom. The molecule has 0 spiro atoms. The molecular weight excluding hydrogens is 376 g/mol. The predicted octanol–water partition coefficient (Wildman–Crippen LogP) is 3.95. The zero-order chi connectivity index (χ0) is 22.7. The molecule has 0 radical (unpaired) electrons. The van der Waals surface area contributed by atoms with E-state index in [1.54, 1.807) is 25.2 Å². The summed E-state index contributed by atoms with van der Waals surface area (Å²) in [4.78, 5) is 12.5. The summed E-state index contributed by atoms with van der Waals surface area (Å²) in [7, 11) is 5.55. The molecule has 0 saturated carbocycles. The van der Waals surface area contributed by atoms with Gasteiger partial charge in [0.05, 0.1) is 27.2 Å². The second-order valence-electron chi connectivity index (χ2n) is 7.88. The molecule has 2 unspecified atom stereocenters. The van der Waals surface area contributed by atoms with Gasteiger partial charge in [-0.25, -0.2) is 4.79 Å². The lowest BCUT2D eigenvalue weighted by molar-refractivity contribution is -0.920. The van der Waals surface area contributed by atoms with Gasteiger partial charge >= 0.3 is 5.97 Å². The summed E-state index contributed by atoms with van der Waals surface area (Å²) in [6, 6.07) is 9.67. The topological polar surface area (TPSA) is 70.3 Å². The van der Waals surface area contributed by atoms with Crippen LogP contribution in [0.4, 0.5) is 0 Å². The standard InChI is InChI=1S/C25H31N2O3/c1-7-8-11-21(14-10-15-26)17-23-13-9-12-22(18-23)16-19(2)25(29)30-24(20(3)28)27(4,5)6/h7-14,17-18,20,24,28H,1-2,16H2,3-6H3/q+1. The largest absolute Gasteiger partial charge is 0.406 e. The van der Waals surface area contributed by atoms with Gasteiger partial charge < -0.3 is 9.84 Å². The molecule has 158 valence electrons. The Balaban J connectivity index is 2.98. The molecule has 0 aromatic heterocycles. The van der Waals surface area contributed by atoms with Gasteiger partial charge in [0, 0.05) is 18.1 Å². The Bertz CT molecular complexity index is 894. The molecular formula is C25H31N2O3+. The number of benzene rings is 1. The normalized spacial score (nSPS) is 14.3. The van der Waals surface area contributed by atoms with E-state index in [0.717, 1.165) is 16.7 Å². The van der Waals surface area contributed by atoms with E-state index in [4.69, 9.17) is 10.00 Å². The molecule has 5 heteroatoms. The number of carbonyl (C=O) groups is 1. The maximum atomic E-state index is 12.5. The van der Waals surface area contributed by atoms with Crippen molar-refractivity contribution in [1.29, 1.82) is 5.26 Å². The van der Waals surface area contributed by atoms with Gasteiger partial charge in [0.15, 0.2) is 0 Å². The minimum Gasteiger partial charge on any atom is -0.406 e. The number of nitrogens with zero attached hydrogens (tertiary/aromatic N) is 2. The van der Waals surface area contributed by atoms with Crippen LogP contribution >= 0.6 is 0 Å². The first-order chi connectivity index (χ1) is 14.1. The Morgan fingerprint density at radius 3 is 2.60 bits per heavy atom. The van der Waals surface area contributed by atoms with Crippen molar-refractivity contribution in [3.8, 4) is 6.07 Å². The number of esters is 1. The number of hydrogen-bond acceptors (Lipinski definition) is 4. The van der Waals surface area contributed by atoms with Crippen LogP contribution in [0.15, 0.2) is 78.9 Å². The molecule has 2 atom stereocenters. The Hall–Kier alpha value is -3.20. The van der Waals surface area contributed by atoms with Crippen molar-refractivity contribution in [2.75, 3.05) is 21.1 Å². The Morgan fingerprint density at radius 1 is 1.33 bits per heavy atom. The highest BCUT2D eigenvalue weighted by molar-refractivity contribution is 5.88. The molecule has 0 bridgehead atoms. The highest BCUT2D eigenvalue weighted by Gasteiger charge is 2.33. The number of quaternary nitrogens is 1. The molecule has 0 amide bonds. The van der Waals surface area contributed by atoms with Crippen molar-refractivity contribution < 1.29 is 19.1 Å². The monoisotopic (exact) mass is 407 g/mol. The Kier molecular flexibility index (Phi) is 9.70. The quantitative estimate of drug-likeness (QED) is 0.159. The van der Waals surface area contributed by atoms with Gasteiger partial charge in [-0.2, -0.15) is 5.26 Å². The van der Waals surface area contributed by atoms with Crippen LogP contribution in [-0.2, 0) is 16.0 Å². The number of ether oxygens (including phenoxy) is 1. The number of carbonyl (C=O) groups excluding carboxylic acids is 1. The van der Waals surface area contributed by atoms with Crippen molar-refractivity contribution in [3.63, 3.8) is 0 Å². The molecule has 1 rings (SSSR count). The van der Waals surface area contributed by atoms with Crippen LogP contribution in [-0.4, -0.2) is 49.0 Å². The minimum absolute atomic E-state index is 0.286. The van der Waals surface area contributed by atoms with Crippen LogP contribution in [0, 0.1) is 11.3 Å². The molecule has 0 aliphatic carbocycles. The van der Waals surface area contributed by atoms with Crippen molar-refractivity contribution in [3.05, 3.63) is 90.1 Å². The van der Waals surface area contributed by atoms with Gasteiger partial charge in [-0.05, 0) is 35.8 Å². The van der Waals surface area contributed by atoms with Gasteiger partial charge in [-0.3, -0.25) is 4.48 Å². The maximum absolute atomic E-state index is 12.5. The number of allylic oxidation sites excluding steroid dienone is 6. The summed E-state index contributed by atoms with van der Waals surface area (Å²) in [5.74, 6) is -0.526. The van der Waals surface area contributed by atoms with E-state index in [-0.39, 0.29) is 4.48 Å². The minimum atomic E-state index is -0.807. The van der Waals surface area contributed by atoms with Gasteiger partial charge in [-0.1, -0.05) is 55.7 Å². The average molecular weight is 408 g/mol. The van der Waals surface area contributed by atoms with Crippen LogP contribution in [0.25, 0.3) is 6.08 Å². The molecule has 0 fully saturated rings. The third-order valence-corrected chi connectivity index (χ3v) is 4.17. The van der Waals surface area contributed by atoms with E-state index in [1.807, 2.05) is 63.6 Å². The molecule has 0 saturated heterocycles. The molecule has 1 aromatic rings. The van der Waals surface area contributed by atoms with Gasteiger partial charge in [-0.15, -0.1) is 0 Å². The summed E-state index contributed by atoms with van der Waals surface area (Å²) in [5, 5.41) is 18.7. The fourth-order valence-electron chi connectivity index (χ4n) is 2.87. The molecule has 1 N–H and O–H groups in total. The fourth-order valence-corrected chi connectivity index (χ4v) is 2.87. The second kappa shape index (κ2) is 11.7. The molecule has 0 aliphatic heterocycles. The van der Waals surface area contributed by atoms with Crippen molar-refractivity contribution in [2.45, 2.75) is 25.7 Å². The zero-order valence-electron chi connectivity index (χ0n) is 18.2. The fraction of sp³-hybridized carbons (Fsp3) is 0.280. The molecule has 1 aromatic carbocycles. The SMILES string of the molecule is C=CC=CC(C=CC#N)=Cc1cccc(CC(=C)C(=O)OC(C(C)O)[N+](C)(C)C)c1. The van der Waals surface area contributed by atoms with Crippen LogP contribution in [0.3, 0.4) is 0 Å². The lowest BCUT2D eigenvalue weighted by atomic mass is 10.0. The highest BCUT2D eigenvalue weighted by Crippen LogP contribution is 2.17. The van der Waals surface area contributed by atoms with Crippen molar-refractivity contribution in [2.24, 2.45) is 0 Å². The number of likely N-dealkylation sites (N-methyl/N-ethyl adjacent to an activating group) is 1. The highest BCUT2D eigenvalue weighted by atomic mass is 16.6. The van der Waals surface area contributed by atoms with Gasteiger partial charge in [0.1, 0.15) is 6.10 Å². The van der Waals surface area contributed by atoms with Crippen LogP contribution in [0.1, 0.15) is 18.1 Å². The maximum Gasteiger partial charge on any atom is 0.338 e. The summed E-state index contributed by atoms with van der Waals surface area (Å²) in [6.45, 7) is 9.12. The van der Waals surface area contributed by atoms with E-state index in [1.165, 1.54) is 6.08 Å². The smallest absolute Gasteiger partial charge is 0.338 e. The first-order valence-electron chi connectivity index (χ1n) is 9.62. The van der Waals surface area contributed by atoms with Crippen molar-refractivity contribution in [1.82, 2.24) is 0 Å². The summed E-state index contributed by atoms with van der Waals surface area (Å²) < 4.78 is 5.79. The zero-order valence-corrected chi connectivity index (χ0v) is 18.2. The third-order valence-electron chi connectivity index (χ3n) is 4.17.